The summed E-state index contributed by atoms with van der Waals surface area (Å²) in [5, 5.41) is 3.22. The summed E-state index contributed by atoms with van der Waals surface area (Å²) in [6.07, 6.45) is 0.797. The monoisotopic (exact) mass is 353 g/mol. The minimum atomic E-state index is -0.0657. The van der Waals surface area contributed by atoms with Crippen LogP contribution in [0.2, 0.25) is 0 Å². The quantitative estimate of drug-likeness (QED) is 0.782. The Kier molecular flexibility index (Phi) is 6.26. The van der Waals surface area contributed by atoms with Crippen LogP contribution in [0.5, 0.6) is 0 Å². The van der Waals surface area contributed by atoms with Crippen molar-refractivity contribution in [2.24, 2.45) is 0 Å². The van der Waals surface area contributed by atoms with Gasteiger partial charge in [-0.15, -0.1) is 0 Å². The number of rotatable bonds is 6. The number of nitrogens with two attached hydrogens (primary N) is 1. The summed E-state index contributed by atoms with van der Waals surface area (Å²) in [5.41, 5.74) is 9.27. The predicted molar refractivity (Wildman–Crippen MR) is 104 cm³/mol. The maximum atomic E-state index is 12.9. The van der Waals surface area contributed by atoms with Gasteiger partial charge in [-0.25, -0.2) is 0 Å². The smallest absolute Gasteiger partial charge is 0.251 e. The Labute approximate surface area is 155 Å². The van der Waals surface area contributed by atoms with Gasteiger partial charge in [-0.2, -0.15) is 0 Å². The number of benzene rings is 2. The molecule has 1 fully saturated rings. The van der Waals surface area contributed by atoms with Gasteiger partial charge in [-0.3, -0.25) is 9.69 Å². The summed E-state index contributed by atoms with van der Waals surface area (Å²) in [5.74, 6) is -0.0657. The van der Waals surface area contributed by atoms with Crippen molar-refractivity contribution in [3.8, 4) is 0 Å². The van der Waals surface area contributed by atoms with E-state index in [-0.39, 0.29) is 11.9 Å². The summed E-state index contributed by atoms with van der Waals surface area (Å²) < 4.78 is 5.44. The first-order valence-electron chi connectivity index (χ1n) is 9.13. The van der Waals surface area contributed by atoms with Crippen LogP contribution in [-0.2, 0) is 11.2 Å². The fraction of sp³-hybridized carbons (Fsp3) is 0.381. The van der Waals surface area contributed by atoms with Gasteiger partial charge in [0.15, 0.2) is 0 Å². The van der Waals surface area contributed by atoms with Gasteiger partial charge < -0.3 is 15.8 Å². The maximum Gasteiger partial charge on any atom is 0.251 e. The third-order valence-corrected chi connectivity index (χ3v) is 4.75. The van der Waals surface area contributed by atoms with Crippen LogP contribution in [-0.4, -0.2) is 49.7 Å². The molecule has 1 atom stereocenters. The largest absolute Gasteiger partial charge is 0.399 e. The second-order valence-electron chi connectivity index (χ2n) is 6.85. The third-order valence-electron chi connectivity index (χ3n) is 4.75. The molecule has 0 radical (unpaired) electrons. The number of nitrogen functional groups attached to an aromatic ring is 1. The molecule has 1 heterocycles. The van der Waals surface area contributed by atoms with Gasteiger partial charge in [-0.1, -0.05) is 36.4 Å². The van der Waals surface area contributed by atoms with E-state index in [0.29, 0.717) is 11.3 Å². The van der Waals surface area contributed by atoms with Crippen molar-refractivity contribution in [3.63, 3.8) is 0 Å². The molecule has 3 N–H and O–H groups in total. The number of amides is 1. The fourth-order valence-corrected chi connectivity index (χ4v) is 3.30. The summed E-state index contributed by atoms with van der Waals surface area (Å²) in [4.78, 5) is 15.2. The summed E-state index contributed by atoms with van der Waals surface area (Å²) in [6, 6.07) is 15.8. The number of ether oxygens (including phenoxy) is 1. The van der Waals surface area contributed by atoms with Crippen LogP contribution in [0, 0.1) is 6.92 Å². The first-order chi connectivity index (χ1) is 12.6. The second kappa shape index (κ2) is 8.83. The van der Waals surface area contributed by atoms with Gasteiger partial charge in [0.25, 0.3) is 5.91 Å². The normalized spacial score (nSPS) is 16.2. The number of aryl methyl sites for hydroxylation is 1. The van der Waals surface area contributed by atoms with Crippen molar-refractivity contribution >= 4 is 11.6 Å². The molecule has 26 heavy (non-hydrogen) atoms. The van der Waals surface area contributed by atoms with Gasteiger partial charge in [0.1, 0.15) is 0 Å². The molecule has 1 amide bonds. The van der Waals surface area contributed by atoms with E-state index < -0.39 is 0 Å². The molecule has 1 aliphatic rings. The predicted octanol–water partition coefficient (Wildman–Crippen LogP) is 2.25. The highest BCUT2D eigenvalue weighted by atomic mass is 16.5. The lowest BCUT2D eigenvalue weighted by Crippen LogP contribution is -2.48. The molecule has 2 aromatic carbocycles. The highest BCUT2D eigenvalue weighted by Crippen LogP contribution is 2.14. The second-order valence-corrected chi connectivity index (χ2v) is 6.85. The molecule has 138 valence electrons. The van der Waals surface area contributed by atoms with E-state index in [0.717, 1.165) is 44.8 Å². The number of morpholine rings is 1. The Bertz CT molecular complexity index is 727. The van der Waals surface area contributed by atoms with E-state index in [1.165, 1.54) is 5.56 Å². The molecule has 5 nitrogen and oxygen atoms in total. The molecule has 1 saturated heterocycles. The van der Waals surface area contributed by atoms with Crippen LogP contribution >= 0.6 is 0 Å². The third kappa shape index (κ3) is 5.07. The number of carbonyl (C=O) groups excluding carboxylic acids is 1. The Morgan fingerprint density at radius 1 is 1.19 bits per heavy atom. The van der Waals surface area contributed by atoms with Gasteiger partial charge >= 0.3 is 0 Å². The van der Waals surface area contributed by atoms with Gasteiger partial charge in [-0.05, 0) is 36.6 Å². The Balaban J connectivity index is 1.73. The number of nitrogens with one attached hydrogen (secondary N) is 1. The molecule has 5 heteroatoms. The molecule has 1 aliphatic heterocycles. The Hall–Kier alpha value is -2.37. The minimum Gasteiger partial charge on any atom is -0.399 e. The first-order valence-corrected chi connectivity index (χ1v) is 9.13. The fourth-order valence-electron chi connectivity index (χ4n) is 3.30. The average molecular weight is 353 g/mol. The topological polar surface area (TPSA) is 67.6 Å². The van der Waals surface area contributed by atoms with E-state index >= 15 is 0 Å². The van der Waals surface area contributed by atoms with Crippen LogP contribution in [0.25, 0.3) is 0 Å². The van der Waals surface area contributed by atoms with Crippen molar-refractivity contribution in [2.45, 2.75) is 19.4 Å². The SMILES string of the molecule is Cc1ccc(N)cc1C(=O)NC(Cc1ccccc1)CN1CCOCC1. The molecule has 0 aromatic heterocycles. The molecule has 3 rings (SSSR count). The zero-order valence-electron chi connectivity index (χ0n) is 15.3. The molecule has 0 aliphatic carbocycles. The van der Waals surface area contributed by atoms with E-state index in [9.17, 15) is 4.79 Å². The van der Waals surface area contributed by atoms with Crippen molar-refractivity contribution in [3.05, 3.63) is 65.2 Å². The molecular formula is C21H27N3O2. The number of hydrogen-bond donors (Lipinski definition) is 2. The highest BCUT2D eigenvalue weighted by molar-refractivity contribution is 5.96. The average Bonchev–Trinajstić information content (AvgIpc) is 2.65. The van der Waals surface area contributed by atoms with Gasteiger partial charge in [0.2, 0.25) is 0 Å². The lowest BCUT2D eigenvalue weighted by Gasteiger charge is -2.31. The molecule has 1 unspecified atom stereocenters. The summed E-state index contributed by atoms with van der Waals surface area (Å²) >= 11 is 0. The standard InChI is InChI=1S/C21H27N3O2/c1-16-7-8-18(22)14-20(16)21(25)23-19(13-17-5-3-2-4-6-17)15-24-9-11-26-12-10-24/h2-8,14,19H,9-13,15,22H2,1H3,(H,23,25). The van der Waals surface area contributed by atoms with E-state index in [1.54, 1.807) is 6.07 Å². The van der Waals surface area contributed by atoms with Gasteiger partial charge in [0, 0.05) is 36.9 Å². The molecular weight excluding hydrogens is 326 g/mol. The van der Waals surface area contributed by atoms with Crippen molar-refractivity contribution in [1.29, 1.82) is 0 Å². The van der Waals surface area contributed by atoms with Crippen LogP contribution in [0.15, 0.2) is 48.5 Å². The minimum absolute atomic E-state index is 0.0313. The molecule has 0 bridgehead atoms. The van der Waals surface area contributed by atoms with E-state index in [2.05, 4.69) is 22.3 Å². The number of anilines is 1. The Morgan fingerprint density at radius 3 is 2.65 bits per heavy atom. The maximum absolute atomic E-state index is 12.9. The van der Waals surface area contributed by atoms with Crippen molar-refractivity contribution in [1.82, 2.24) is 10.2 Å². The number of hydrogen-bond acceptors (Lipinski definition) is 4. The lowest BCUT2D eigenvalue weighted by atomic mass is 10.0. The highest BCUT2D eigenvalue weighted by Gasteiger charge is 2.20. The number of nitrogens with zero attached hydrogens (tertiary/aromatic N) is 1. The number of carbonyl (C=O) groups is 1. The van der Waals surface area contributed by atoms with Crippen molar-refractivity contribution < 1.29 is 9.53 Å². The van der Waals surface area contributed by atoms with E-state index in [1.807, 2.05) is 37.3 Å². The van der Waals surface area contributed by atoms with Crippen LogP contribution in [0.3, 0.4) is 0 Å². The Morgan fingerprint density at radius 2 is 1.92 bits per heavy atom. The first kappa shape index (κ1) is 18.4. The summed E-state index contributed by atoms with van der Waals surface area (Å²) in [7, 11) is 0. The molecule has 2 aromatic rings. The zero-order chi connectivity index (χ0) is 18.4. The van der Waals surface area contributed by atoms with Crippen LogP contribution in [0.1, 0.15) is 21.5 Å². The molecule has 0 spiro atoms. The van der Waals surface area contributed by atoms with Crippen LogP contribution in [0.4, 0.5) is 5.69 Å². The van der Waals surface area contributed by atoms with Gasteiger partial charge in [0.05, 0.1) is 13.2 Å². The zero-order valence-corrected chi connectivity index (χ0v) is 15.3. The molecule has 0 saturated carbocycles. The van der Waals surface area contributed by atoms with Crippen LogP contribution < -0.4 is 11.1 Å². The van der Waals surface area contributed by atoms with E-state index in [4.69, 9.17) is 10.5 Å². The van der Waals surface area contributed by atoms with Crippen molar-refractivity contribution in [2.75, 3.05) is 38.6 Å². The summed E-state index contributed by atoms with van der Waals surface area (Å²) in [6.45, 7) is 6.05. The lowest BCUT2D eigenvalue weighted by molar-refractivity contribution is 0.0333.